The molecule has 1 saturated heterocycles. The van der Waals surface area contributed by atoms with Gasteiger partial charge in [0.15, 0.2) is 5.69 Å². The number of fused-ring (bicyclic) bond motifs is 1. The minimum atomic E-state index is 0.114. The molecule has 0 radical (unpaired) electrons. The fourth-order valence-corrected chi connectivity index (χ4v) is 4.13. The van der Waals surface area contributed by atoms with E-state index in [1.165, 1.54) is 5.56 Å². The Morgan fingerprint density at radius 1 is 1.28 bits per heavy atom. The second-order valence-electron chi connectivity index (χ2n) is 7.13. The van der Waals surface area contributed by atoms with Crippen LogP contribution in [0.2, 0.25) is 0 Å². The van der Waals surface area contributed by atoms with Crippen LogP contribution in [0.1, 0.15) is 53.0 Å². The van der Waals surface area contributed by atoms with E-state index in [2.05, 4.69) is 50.7 Å². The molecule has 1 aromatic carbocycles. The van der Waals surface area contributed by atoms with Crippen LogP contribution in [0.3, 0.4) is 0 Å². The van der Waals surface area contributed by atoms with Crippen molar-refractivity contribution in [3.05, 3.63) is 52.8 Å². The summed E-state index contributed by atoms with van der Waals surface area (Å²) in [5, 5.41) is 10.8. The van der Waals surface area contributed by atoms with Crippen molar-refractivity contribution in [3.63, 3.8) is 0 Å². The van der Waals surface area contributed by atoms with E-state index in [0.29, 0.717) is 11.7 Å². The number of nitrogens with one attached hydrogen (secondary N) is 2. The molecule has 5 nitrogen and oxygen atoms in total. The summed E-state index contributed by atoms with van der Waals surface area (Å²) in [4.78, 5) is 15.1. The van der Waals surface area contributed by atoms with Gasteiger partial charge in [-0.15, -0.1) is 0 Å². The van der Waals surface area contributed by atoms with Crippen LogP contribution in [0, 0.1) is 0 Å². The molecular formula is C20H26N4O. The number of hydrogen-bond acceptors (Lipinski definition) is 3. The molecule has 2 aliphatic rings. The first-order valence-corrected chi connectivity index (χ1v) is 9.44. The maximum atomic E-state index is 13.0. The van der Waals surface area contributed by atoms with Crippen LogP contribution < -0.4 is 5.32 Å². The van der Waals surface area contributed by atoms with Crippen LogP contribution >= 0.6 is 0 Å². The van der Waals surface area contributed by atoms with E-state index in [0.717, 1.165) is 69.4 Å². The lowest BCUT2D eigenvalue weighted by molar-refractivity contribution is 0.0722. The zero-order valence-electron chi connectivity index (χ0n) is 14.6. The number of aryl methyl sites for hydroxylation is 1. The van der Waals surface area contributed by atoms with Gasteiger partial charge in [-0.3, -0.25) is 9.89 Å². The number of amides is 1. The molecule has 2 N–H and O–H groups in total. The van der Waals surface area contributed by atoms with Crippen molar-refractivity contribution in [2.75, 3.05) is 13.1 Å². The lowest BCUT2D eigenvalue weighted by atomic mass is 10.0. The normalized spacial score (nSPS) is 19.8. The van der Waals surface area contributed by atoms with Crippen LogP contribution in [0.15, 0.2) is 30.3 Å². The predicted octanol–water partition coefficient (Wildman–Crippen LogP) is 2.68. The zero-order chi connectivity index (χ0) is 17.1. The lowest BCUT2D eigenvalue weighted by Gasteiger charge is -2.25. The Morgan fingerprint density at radius 2 is 2.16 bits per heavy atom. The predicted molar refractivity (Wildman–Crippen MR) is 97.4 cm³/mol. The molecule has 0 saturated carbocycles. The standard InChI is InChI=1S/C20H26N4O/c25-20(19-17-14-21-12-11-18(17)22-23-19)24-13-5-10-16(24)9-4-8-15-6-2-1-3-7-15/h1-3,6-7,16,21H,4-5,8-14H2,(H,22,23). The molecular weight excluding hydrogens is 312 g/mol. The highest BCUT2D eigenvalue weighted by Crippen LogP contribution is 2.26. The van der Waals surface area contributed by atoms with Gasteiger partial charge in [0.2, 0.25) is 0 Å². The van der Waals surface area contributed by atoms with Crippen LogP contribution in [-0.4, -0.2) is 40.1 Å². The monoisotopic (exact) mass is 338 g/mol. The zero-order valence-corrected chi connectivity index (χ0v) is 14.6. The lowest BCUT2D eigenvalue weighted by Crippen LogP contribution is -2.37. The Hall–Kier alpha value is -2.14. The molecule has 4 rings (SSSR count). The first-order chi connectivity index (χ1) is 12.3. The molecule has 1 atom stereocenters. The highest BCUT2D eigenvalue weighted by molar-refractivity contribution is 5.94. The number of aromatic nitrogens is 2. The van der Waals surface area contributed by atoms with Crippen LogP contribution in [0.4, 0.5) is 0 Å². The molecule has 3 heterocycles. The number of carbonyl (C=O) groups excluding carboxylic acids is 1. The van der Waals surface area contributed by atoms with E-state index >= 15 is 0 Å². The Labute approximate surface area is 148 Å². The van der Waals surface area contributed by atoms with Crippen molar-refractivity contribution >= 4 is 5.91 Å². The first-order valence-electron chi connectivity index (χ1n) is 9.44. The van der Waals surface area contributed by atoms with Gasteiger partial charge in [-0.2, -0.15) is 5.10 Å². The topological polar surface area (TPSA) is 61.0 Å². The minimum Gasteiger partial charge on any atom is -0.334 e. The smallest absolute Gasteiger partial charge is 0.274 e. The van der Waals surface area contributed by atoms with E-state index < -0.39 is 0 Å². The van der Waals surface area contributed by atoms with Gasteiger partial charge in [0.25, 0.3) is 5.91 Å². The SMILES string of the molecule is O=C(c1n[nH]c2c1CNCC2)N1CCCC1CCCc1ccccc1. The summed E-state index contributed by atoms with van der Waals surface area (Å²) < 4.78 is 0. The number of aromatic amines is 1. The minimum absolute atomic E-state index is 0.114. The second kappa shape index (κ2) is 7.40. The van der Waals surface area contributed by atoms with E-state index in [4.69, 9.17) is 0 Å². The maximum Gasteiger partial charge on any atom is 0.274 e. The molecule has 1 unspecified atom stereocenters. The second-order valence-corrected chi connectivity index (χ2v) is 7.13. The molecule has 0 aliphatic carbocycles. The Morgan fingerprint density at radius 3 is 3.04 bits per heavy atom. The molecule has 2 aliphatic heterocycles. The number of H-pyrrole nitrogens is 1. The summed E-state index contributed by atoms with van der Waals surface area (Å²) in [6.45, 7) is 2.57. The molecule has 25 heavy (non-hydrogen) atoms. The van der Waals surface area contributed by atoms with Gasteiger partial charge in [0.05, 0.1) is 0 Å². The molecule has 5 heteroatoms. The van der Waals surface area contributed by atoms with Crippen molar-refractivity contribution in [1.82, 2.24) is 20.4 Å². The van der Waals surface area contributed by atoms with Gasteiger partial charge in [-0.25, -0.2) is 0 Å². The highest BCUT2D eigenvalue weighted by Gasteiger charge is 2.32. The number of carbonyl (C=O) groups is 1. The van der Waals surface area contributed by atoms with Crippen LogP contribution in [-0.2, 0) is 19.4 Å². The van der Waals surface area contributed by atoms with Crippen molar-refractivity contribution in [1.29, 1.82) is 0 Å². The van der Waals surface area contributed by atoms with E-state index in [-0.39, 0.29) is 5.91 Å². The van der Waals surface area contributed by atoms with Crippen LogP contribution in [0.25, 0.3) is 0 Å². The number of hydrogen-bond donors (Lipinski definition) is 2. The molecule has 1 amide bonds. The van der Waals surface area contributed by atoms with Crippen LogP contribution in [0.5, 0.6) is 0 Å². The van der Waals surface area contributed by atoms with Crippen molar-refractivity contribution in [3.8, 4) is 0 Å². The third kappa shape index (κ3) is 3.47. The summed E-state index contributed by atoms with van der Waals surface area (Å²) in [5.41, 5.74) is 4.22. The molecule has 1 fully saturated rings. The number of nitrogens with zero attached hydrogens (tertiary/aromatic N) is 2. The number of benzene rings is 1. The highest BCUT2D eigenvalue weighted by atomic mass is 16.2. The van der Waals surface area contributed by atoms with E-state index in [9.17, 15) is 4.79 Å². The van der Waals surface area contributed by atoms with Crippen molar-refractivity contribution < 1.29 is 4.79 Å². The van der Waals surface area contributed by atoms with Gasteiger partial charge >= 0.3 is 0 Å². The fraction of sp³-hybridized carbons (Fsp3) is 0.500. The van der Waals surface area contributed by atoms with E-state index in [1.807, 2.05) is 0 Å². The average molecular weight is 338 g/mol. The summed E-state index contributed by atoms with van der Waals surface area (Å²) >= 11 is 0. The largest absolute Gasteiger partial charge is 0.334 e. The van der Waals surface area contributed by atoms with Gasteiger partial charge in [0.1, 0.15) is 0 Å². The number of rotatable bonds is 5. The molecule has 0 spiro atoms. The summed E-state index contributed by atoms with van der Waals surface area (Å²) in [6.07, 6.45) is 6.43. The molecule has 132 valence electrons. The summed E-state index contributed by atoms with van der Waals surface area (Å²) in [7, 11) is 0. The number of likely N-dealkylation sites (tertiary alicyclic amines) is 1. The Bertz CT molecular complexity index is 725. The Kier molecular flexibility index (Phi) is 4.83. The third-order valence-electron chi connectivity index (χ3n) is 5.49. The quantitative estimate of drug-likeness (QED) is 0.881. The van der Waals surface area contributed by atoms with Gasteiger partial charge in [-0.05, 0) is 37.7 Å². The average Bonchev–Trinajstić information content (AvgIpc) is 3.29. The van der Waals surface area contributed by atoms with Crippen molar-refractivity contribution in [2.45, 2.75) is 51.1 Å². The van der Waals surface area contributed by atoms with E-state index in [1.54, 1.807) is 0 Å². The molecule has 1 aromatic heterocycles. The first kappa shape index (κ1) is 16.3. The summed E-state index contributed by atoms with van der Waals surface area (Å²) in [6, 6.07) is 11.0. The summed E-state index contributed by atoms with van der Waals surface area (Å²) in [5.74, 6) is 0.114. The van der Waals surface area contributed by atoms with Gasteiger partial charge < -0.3 is 10.2 Å². The third-order valence-corrected chi connectivity index (χ3v) is 5.49. The fourth-order valence-electron chi connectivity index (χ4n) is 4.13. The molecule has 0 bridgehead atoms. The van der Waals surface area contributed by atoms with Gasteiger partial charge in [0, 0.05) is 43.4 Å². The van der Waals surface area contributed by atoms with Crippen molar-refractivity contribution in [2.24, 2.45) is 0 Å². The van der Waals surface area contributed by atoms with Gasteiger partial charge in [-0.1, -0.05) is 30.3 Å². The Balaban J connectivity index is 1.39. The maximum absolute atomic E-state index is 13.0. The molecule has 2 aromatic rings.